The summed E-state index contributed by atoms with van der Waals surface area (Å²) < 4.78 is 6.57. The fourth-order valence-corrected chi connectivity index (χ4v) is 2.26. The van der Waals surface area contributed by atoms with Crippen molar-refractivity contribution in [2.45, 2.75) is 6.61 Å². The van der Waals surface area contributed by atoms with Crippen LogP contribution in [0.5, 0.6) is 5.75 Å². The van der Waals surface area contributed by atoms with E-state index in [-0.39, 0.29) is 0 Å². The molecular formula is C14H10ClIO2. The van der Waals surface area contributed by atoms with Gasteiger partial charge in [-0.25, -0.2) is 0 Å². The predicted octanol–water partition coefficient (Wildman–Crippen LogP) is 4.25. The monoisotopic (exact) mass is 372 g/mol. The highest BCUT2D eigenvalue weighted by atomic mass is 127. The summed E-state index contributed by atoms with van der Waals surface area (Å²) in [7, 11) is 0. The molecule has 0 amide bonds. The zero-order valence-electron chi connectivity index (χ0n) is 9.40. The van der Waals surface area contributed by atoms with Crippen LogP contribution in [0.2, 0.25) is 0 Å². The quantitative estimate of drug-likeness (QED) is 0.592. The van der Waals surface area contributed by atoms with Gasteiger partial charge in [-0.3, -0.25) is 4.79 Å². The minimum absolute atomic E-state index is 0.456. The molecule has 2 aromatic rings. The number of ether oxygens (including phenoxy) is 1. The van der Waals surface area contributed by atoms with Gasteiger partial charge in [-0.15, -0.1) is 0 Å². The largest absolute Gasteiger partial charge is 0.488 e. The molecule has 0 aliphatic rings. The third-order valence-electron chi connectivity index (χ3n) is 2.40. The van der Waals surface area contributed by atoms with Crippen LogP contribution in [0.4, 0.5) is 0 Å². The van der Waals surface area contributed by atoms with Crippen molar-refractivity contribution >= 4 is 39.4 Å². The molecule has 0 heterocycles. The third kappa shape index (κ3) is 3.46. The molecule has 2 rings (SSSR count). The van der Waals surface area contributed by atoms with Gasteiger partial charge in [0.1, 0.15) is 12.4 Å². The zero-order valence-corrected chi connectivity index (χ0v) is 12.3. The van der Waals surface area contributed by atoms with Crippen LogP contribution >= 0.6 is 34.2 Å². The average molecular weight is 373 g/mol. The molecule has 0 aliphatic carbocycles. The van der Waals surface area contributed by atoms with E-state index in [1.165, 1.54) is 0 Å². The molecule has 2 aromatic carbocycles. The zero-order chi connectivity index (χ0) is 13.0. The lowest BCUT2D eigenvalue weighted by molar-refractivity contribution is 0.108. The van der Waals surface area contributed by atoms with Crippen molar-refractivity contribution < 1.29 is 9.53 Å². The van der Waals surface area contributed by atoms with E-state index in [0.717, 1.165) is 14.9 Å². The molecule has 0 aliphatic heterocycles. The molecule has 0 saturated heterocycles. The molecule has 0 fully saturated rings. The van der Waals surface area contributed by atoms with E-state index < -0.39 is 5.24 Å². The van der Waals surface area contributed by atoms with Crippen molar-refractivity contribution in [2.75, 3.05) is 0 Å². The molecule has 0 spiro atoms. The predicted molar refractivity (Wildman–Crippen MR) is 80.1 cm³/mol. The average Bonchev–Trinajstić information content (AvgIpc) is 2.38. The minimum atomic E-state index is -0.456. The molecule has 0 bridgehead atoms. The van der Waals surface area contributed by atoms with Gasteiger partial charge >= 0.3 is 0 Å². The summed E-state index contributed by atoms with van der Waals surface area (Å²) in [5.41, 5.74) is 1.58. The number of carbonyl (C=O) groups excluding carboxylic acids is 1. The second-order valence-electron chi connectivity index (χ2n) is 3.69. The second kappa shape index (κ2) is 6.20. The highest BCUT2D eigenvalue weighted by molar-refractivity contribution is 14.1. The van der Waals surface area contributed by atoms with Crippen molar-refractivity contribution in [3.05, 3.63) is 63.2 Å². The summed E-state index contributed by atoms with van der Waals surface area (Å²) in [6.45, 7) is 0.505. The lowest BCUT2D eigenvalue weighted by Gasteiger charge is -2.08. The Morgan fingerprint density at radius 2 is 1.89 bits per heavy atom. The highest BCUT2D eigenvalue weighted by Crippen LogP contribution is 2.23. The van der Waals surface area contributed by atoms with Crippen LogP contribution in [0.15, 0.2) is 48.5 Å². The Kier molecular flexibility index (Phi) is 4.60. The summed E-state index contributed by atoms with van der Waals surface area (Å²) in [6, 6.07) is 15.1. The Morgan fingerprint density at radius 3 is 2.50 bits per heavy atom. The van der Waals surface area contributed by atoms with E-state index in [9.17, 15) is 4.79 Å². The van der Waals surface area contributed by atoms with Crippen LogP contribution in [-0.4, -0.2) is 5.24 Å². The number of carbonyl (C=O) groups is 1. The van der Waals surface area contributed by atoms with Crippen LogP contribution in [0.1, 0.15) is 15.9 Å². The lowest BCUT2D eigenvalue weighted by Crippen LogP contribution is -1.98. The van der Waals surface area contributed by atoms with Gasteiger partial charge < -0.3 is 4.74 Å². The maximum atomic E-state index is 11.0. The molecule has 4 heteroatoms. The Labute approximate surface area is 124 Å². The summed E-state index contributed by atoms with van der Waals surface area (Å²) in [5, 5.41) is -0.456. The Bertz CT molecular complexity index is 555. The van der Waals surface area contributed by atoms with E-state index >= 15 is 0 Å². The smallest absolute Gasteiger partial charge is 0.252 e. The number of hydrogen-bond donors (Lipinski definition) is 0. The van der Waals surface area contributed by atoms with E-state index in [1.807, 2.05) is 30.3 Å². The standard InChI is InChI=1S/C14H10ClIO2/c15-14(17)11-6-7-13(12(16)8-11)18-9-10-4-2-1-3-5-10/h1-8H,9H2. The number of hydrogen-bond acceptors (Lipinski definition) is 2. The topological polar surface area (TPSA) is 26.3 Å². The highest BCUT2D eigenvalue weighted by Gasteiger charge is 2.06. The molecule has 0 atom stereocenters. The maximum absolute atomic E-state index is 11.0. The number of rotatable bonds is 4. The van der Waals surface area contributed by atoms with E-state index in [2.05, 4.69) is 22.6 Å². The van der Waals surface area contributed by atoms with Crippen molar-refractivity contribution in [1.29, 1.82) is 0 Å². The van der Waals surface area contributed by atoms with Crippen LogP contribution in [0, 0.1) is 3.57 Å². The molecule has 0 saturated carbocycles. The van der Waals surface area contributed by atoms with Gasteiger partial charge in [-0.2, -0.15) is 0 Å². The molecule has 0 aromatic heterocycles. The Balaban J connectivity index is 2.08. The van der Waals surface area contributed by atoms with Gasteiger partial charge in [0.25, 0.3) is 5.24 Å². The molecule has 18 heavy (non-hydrogen) atoms. The summed E-state index contributed by atoms with van der Waals surface area (Å²) >= 11 is 7.54. The first-order valence-electron chi connectivity index (χ1n) is 5.33. The third-order valence-corrected chi connectivity index (χ3v) is 3.46. The molecule has 2 nitrogen and oxygen atoms in total. The Hall–Kier alpha value is -1.07. The van der Waals surface area contributed by atoms with Crippen molar-refractivity contribution in [2.24, 2.45) is 0 Å². The molecule has 0 radical (unpaired) electrons. The first kappa shape index (κ1) is 13.4. The maximum Gasteiger partial charge on any atom is 0.252 e. The van der Waals surface area contributed by atoms with Crippen LogP contribution in [0.3, 0.4) is 0 Å². The summed E-state index contributed by atoms with van der Waals surface area (Å²) in [5.74, 6) is 0.751. The van der Waals surface area contributed by atoms with E-state index in [0.29, 0.717) is 12.2 Å². The molecule has 0 N–H and O–H groups in total. The fourth-order valence-electron chi connectivity index (χ4n) is 1.48. The lowest BCUT2D eigenvalue weighted by atomic mass is 10.2. The Morgan fingerprint density at radius 1 is 1.17 bits per heavy atom. The van der Waals surface area contributed by atoms with Crippen LogP contribution in [-0.2, 0) is 6.61 Å². The first-order valence-corrected chi connectivity index (χ1v) is 6.78. The first-order chi connectivity index (χ1) is 8.66. The second-order valence-corrected chi connectivity index (χ2v) is 5.20. The number of halogens is 2. The fraction of sp³-hybridized carbons (Fsp3) is 0.0714. The molecular weight excluding hydrogens is 363 g/mol. The SMILES string of the molecule is O=C(Cl)c1ccc(OCc2ccccc2)c(I)c1. The van der Waals surface area contributed by atoms with Gasteiger partial charge in [0.15, 0.2) is 0 Å². The van der Waals surface area contributed by atoms with Gasteiger partial charge in [-0.05, 0) is 58.0 Å². The van der Waals surface area contributed by atoms with Crippen LogP contribution in [0.25, 0.3) is 0 Å². The van der Waals surface area contributed by atoms with Crippen molar-refractivity contribution in [3.63, 3.8) is 0 Å². The number of benzene rings is 2. The van der Waals surface area contributed by atoms with Gasteiger partial charge in [0, 0.05) is 5.56 Å². The normalized spacial score (nSPS) is 10.1. The summed E-state index contributed by atoms with van der Waals surface area (Å²) in [4.78, 5) is 11.0. The molecule has 0 unspecified atom stereocenters. The summed E-state index contributed by atoms with van der Waals surface area (Å²) in [6.07, 6.45) is 0. The van der Waals surface area contributed by atoms with Crippen molar-refractivity contribution in [3.8, 4) is 5.75 Å². The van der Waals surface area contributed by atoms with Gasteiger partial charge in [0.2, 0.25) is 0 Å². The van der Waals surface area contributed by atoms with Gasteiger partial charge in [0.05, 0.1) is 3.57 Å². The molecule has 92 valence electrons. The van der Waals surface area contributed by atoms with Gasteiger partial charge in [-0.1, -0.05) is 30.3 Å². The minimum Gasteiger partial charge on any atom is -0.488 e. The van der Waals surface area contributed by atoms with Crippen LogP contribution < -0.4 is 4.74 Å². The van der Waals surface area contributed by atoms with Crippen molar-refractivity contribution in [1.82, 2.24) is 0 Å². The van der Waals surface area contributed by atoms with E-state index in [1.54, 1.807) is 18.2 Å². The van der Waals surface area contributed by atoms with E-state index in [4.69, 9.17) is 16.3 Å².